The summed E-state index contributed by atoms with van der Waals surface area (Å²) in [5.74, 6) is -0.120. The molecule has 0 bridgehead atoms. The molecule has 1 aliphatic heterocycles. The van der Waals surface area contributed by atoms with E-state index in [-0.39, 0.29) is 36.4 Å². The Morgan fingerprint density at radius 1 is 1.07 bits per heavy atom. The van der Waals surface area contributed by atoms with Gasteiger partial charge in [0.25, 0.3) is 0 Å². The third kappa shape index (κ3) is 3.80. The van der Waals surface area contributed by atoms with Crippen LogP contribution in [0.5, 0.6) is 0 Å². The Morgan fingerprint density at radius 2 is 1.75 bits per heavy atom. The van der Waals surface area contributed by atoms with Gasteiger partial charge in [0, 0.05) is 25.8 Å². The number of aliphatic hydroxyl groups is 1. The maximum Gasteiger partial charge on any atom is 0.222 e. The summed E-state index contributed by atoms with van der Waals surface area (Å²) in [4.78, 5) is 25.5. The van der Waals surface area contributed by atoms with Crippen LogP contribution >= 0.6 is 0 Å². The molecular formula is C23H28N2O3. The third-order valence-corrected chi connectivity index (χ3v) is 5.63. The van der Waals surface area contributed by atoms with E-state index in [9.17, 15) is 14.7 Å². The minimum atomic E-state index is -0.254. The molecule has 0 unspecified atom stereocenters. The van der Waals surface area contributed by atoms with E-state index in [1.807, 2.05) is 19.1 Å². The molecule has 0 aliphatic carbocycles. The van der Waals surface area contributed by atoms with Crippen LogP contribution in [-0.2, 0) is 9.59 Å². The summed E-state index contributed by atoms with van der Waals surface area (Å²) in [5.41, 5.74) is 4.63. The Labute approximate surface area is 166 Å². The minimum absolute atomic E-state index is 0.00160. The van der Waals surface area contributed by atoms with E-state index in [2.05, 4.69) is 48.6 Å². The second kappa shape index (κ2) is 8.57. The van der Waals surface area contributed by atoms with Gasteiger partial charge >= 0.3 is 0 Å². The Morgan fingerprint density at radius 3 is 2.32 bits per heavy atom. The van der Waals surface area contributed by atoms with Crippen molar-refractivity contribution in [3.8, 4) is 11.1 Å². The van der Waals surface area contributed by atoms with Crippen molar-refractivity contribution in [1.82, 2.24) is 10.2 Å². The van der Waals surface area contributed by atoms with Gasteiger partial charge in [-0.1, -0.05) is 55.5 Å². The molecule has 3 atom stereocenters. The molecule has 3 rings (SSSR count). The number of aryl methyl sites for hydroxylation is 1. The van der Waals surface area contributed by atoms with E-state index in [0.29, 0.717) is 13.0 Å². The first-order chi connectivity index (χ1) is 13.5. The van der Waals surface area contributed by atoms with E-state index >= 15 is 0 Å². The van der Waals surface area contributed by atoms with E-state index in [4.69, 9.17) is 0 Å². The number of hydrogen-bond donors (Lipinski definition) is 2. The highest BCUT2D eigenvalue weighted by atomic mass is 16.3. The Bertz CT molecular complexity index is 847. The van der Waals surface area contributed by atoms with Gasteiger partial charge in [-0.3, -0.25) is 9.59 Å². The van der Waals surface area contributed by atoms with Crippen LogP contribution in [0.4, 0.5) is 0 Å². The molecule has 2 aromatic carbocycles. The summed E-state index contributed by atoms with van der Waals surface area (Å²) >= 11 is 0. The fourth-order valence-electron chi connectivity index (χ4n) is 4.20. The van der Waals surface area contributed by atoms with Gasteiger partial charge in [0.2, 0.25) is 11.8 Å². The maximum absolute atomic E-state index is 12.4. The molecule has 1 saturated heterocycles. The first-order valence-electron chi connectivity index (χ1n) is 9.80. The molecule has 5 nitrogen and oxygen atoms in total. The number of rotatable bonds is 6. The number of amides is 2. The molecule has 0 aromatic heterocycles. The van der Waals surface area contributed by atoms with E-state index in [1.165, 1.54) is 18.1 Å². The van der Waals surface area contributed by atoms with Crippen molar-refractivity contribution < 1.29 is 14.7 Å². The van der Waals surface area contributed by atoms with Gasteiger partial charge in [-0.25, -0.2) is 0 Å². The lowest BCUT2D eigenvalue weighted by molar-refractivity contribution is -0.150. The quantitative estimate of drug-likeness (QED) is 0.810. The number of carbonyl (C=O) groups excluding carboxylic acids is 2. The molecule has 5 heteroatoms. The lowest BCUT2D eigenvalue weighted by atomic mass is 9.74. The zero-order chi connectivity index (χ0) is 20.3. The summed E-state index contributed by atoms with van der Waals surface area (Å²) in [7, 11) is 0. The minimum Gasteiger partial charge on any atom is -0.394 e. The van der Waals surface area contributed by atoms with E-state index < -0.39 is 0 Å². The topological polar surface area (TPSA) is 69.6 Å². The van der Waals surface area contributed by atoms with Gasteiger partial charge in [0.05, 0.1) is 18.7 Å². The number of nitrogens with one attached hydrogen (secondary N) is 1. The summed E-state index contributed by atoms with van der Waals surface area (Å²) < 4.78 is 0. The zero-order valence-electron chi connectivity index (χ0n) is 16.7. The van der Waals surface area contributed by atoms with Crippen LogP contribution in [-0.4, -0.2) is 47.1 Å². The highest BCUT2D eigenvalue weighted by Crippen LogP contribution is 2.41. The molecular weight excluding hydrogens is 352 g/mol. The third-order valence-electron chi connectivity index (χ3n) is 5.63. The SMILES string of the molecule is CCC(=O)N1[C@H](CO)[C@H](c2ccc(-c3ccccc3C)cc2)[C@H]1CNC(C)=O. The smallest absolute Gasteiger partial charge is 0.222 e. The average Bonchev–Trinajstić information content (AvgIpc) is 2.68. The number of likely N-dealkylation sites (tertiary alicyclic amines) is 1. The van der Waals surface area contributed by atoms with Crippen molar-refractivity contribution >= 4 is 11.8 Å². The van der Waals surface area contributed by atoms with Crippen molar-refractivity contribution in [2.75, 3.05) is 13.2 Å². The van der Waals surface area contributed by atoms with Crippen molar-refractivity contribution in [2.24, 2.45) is 0 Å². The van der Waals surface area contributed by atoms with Crippen LogP contribution in [0.1, 0.15) is 37.3 Å². The summed E-state index contributed by atoms with van der Waals surface area (Å²) in [6.45, 7) is 5.68. The Hall–Kier alpha value is -2.66. The summed E-state index contributed by atoms with van der Waals surface area (Å²) in [5, 5.41) is 12.7. The van der Waals surface area contributed by atoms with Crippen LogP contribution < -0.4 is 5.32 Å². The molecule has 1 aliphatic rings. The number of aliphatic hydroxyl groups excluding tert-OH is 1. The second-order valence-electron chi connectivity index (χ2n) is 7.37. The number of nitrogens with zero attached hydrogens (tertiary/aromatic N) is 1. The van der Waals surface area contributed by atoms with Gasteiger partial charge in [-0.2, -0.15) is 0 Å². The number of benzene rings is 2. The molecule has 1 fully saturated rings. The van der Waals surface area contributed by atoms with Crippen LogP contribution in [0.15, 0.2) is 48.5 Å². The van der Waals surface area contributed by atoms with Gasteiger partial charge in [0.1, 0.15) is 0 Å². The van der Waals surface area contributed by atoms with Crippen LogP contribution in [0.25, 0.3) is 11.1 Å². The maximum atomic E-state index is 12.4. The van der Waals surface area contributed by atoms with E-state index in [0.717, 1.165) is 11.1 Å². The second-order valence-corrected chi connectivity index (χ2v) is 7.37. The predicted octanol–water partition coefficient (Wildman–Crippen LogP) is 2.86. The van der Waals surface area contributed by atoms with Gasteiger partial charge in [0.15, 0.2) is 0 Å². The highest BCUT2D eigenvalue weighted by Gasteiger charge is 2.50. The van der Waals surface area contributed by atoms with Crippen LogP contribution in [0, 0.1) is 6.92 Å². The van der Waals surface area contributed by atoms with E-state index in [1.54, 1.807) is 4.90 Å². The molecule has 28 heavy (non-hydrogen) atoms. The molecule has 1 heterocycles. The van der Waals surface area contributed by atoms with Crippen LogP contribution in [0.3, 0.4) is 0 Å². The molecule has 148 valence electrons. The summed E-state index contributed by atoms with van der Waals surface area (Å²) in [6.07, 6.45) is 0.381. The lowest BCUT2D eigenvalue weighted by Crippen LogP contribution is -2.68. The average molecular weight is 380 g/mol. The predicted molar refractivity (Wildman–Crippen MR) is 110 cm³/mol. The fraction of sp³-hybridized carbons (Fsp3) is 0.391. The number of carbonyl (C=O) groups is 2. The van der Waals surface area contributed by atoms with Gasteiger partial charge in [-0.15, -0.1) is 0 Å². The van der Waals surface area contributed by atoms with Crippen LogP contribution in [0.2, 0.25) is 0 Å². The van der Waals surface area contributed by atoms with Crippen molar-refractivity contribution in [2.45, 2.75) is 45.2 Å². The standard InChI is InChI=1S/C23H28N2O3/c1-4-22(28)25-20(13-24-16(3)27)23(21(25)14-26)18-11-9-17(10-12-18)19-8-6-5-7-15(19)2/h5-12,20-21,23,26H,4,13-14H2,1-3H3,(H,24,27)/t20-,21-,23-/m1/s1. The lowest BCUT2D eigenvalue weighted by Gasteiger charge is -2.55. The normalized spacial score (nSPS) is 21.1. The van der Waals surface area contributed by atoms with Gasteiger partial charge < -0.3 is 15.3 Å². The fourth-order valence-corrected chi connectivity index (χ4v) is 4.20. The summed E-state index contributed by atoms with van der Waals surface area (Å²) in [6, 6.07) is 16.2. The highest BCUT2D eigenvalue weighted by molar-refractivity contribution is 5.79. The molecule has 0 saturated carbocycles. The Kier molecular flexibility index (Phi) is 6.15. The molecule has 0 radical (unpaired) electrons. The Balaban J connectivity index is 1.87. The molecule has 2 aromatic rings. The number of hydrogen-bond acceptors (Lipinski definition) is 3. The zero-order valence-corrected chi connectivity index (χ0v) is 16.7. The monoisotopic (exact) mass is 380 g/mol. The first-order valence-corrected chi connectivity index (χ1v) is 9.80. The van der Waals surface area contributed by atoms with Crippen molar-refractivity contribution in [3.63, 3.8) is 0 Å². The molecule has 0 spiro atoms. The molecule has 2 amide bonds. The largest absolute Gasteiger partial charge is 0.394 e. The van der Waals surface area contributed by atoms with Gasteiger partial charge in [-0.05, 0) is 29.2 Å². The first kappa shape index (κ1) is 20.1. The van der Waals surface area contributed by atoms with Crippen molar-refractivity contribution in [1.29, 1.82) is 0 Å². The molecule has 2 N–H and O–H groups in total. The van der Waals surface area contributed by atoms with Crippen molar-refractivity contribution in [3.05, 3.63) is 59.7 Å².